The first kappa shape index (κ1) is 66.3. The molecule has 6 nitrogen and oxygen atoms in total. The van der Waals surface area contributed by atoms with E-state index in [9.17, 15) is 14.4 Å². The van der Waals surface area contributed by atoms with Crippen LogP contribution in [0.4, 0.5) is 0 Å². The Morgan fingerprint density at radius 2 is 0.563 bits per heavy atom. The van der Waals surface area contributed by atoms with E-state index in [1.165, 1.54) is 25.7 Å². The Hall–Kier alpha value is -4.71. The van der Waals surface area contributed by atoms with Gasteiger partial charge < -0.3 is 14.2 Å². The number of ether oxygens (including phenoxy) is 3. The van der Waals surface area contributed by atoms with Crippen LogP contribution in [0.15, 0.2) is 146 Å². The average molecular weight is 980 g/mol. The first-order chi connectivity index (χ1) is 35.0. The molecule has 6 heteroatoms. The van der Waals surface area contributed by atoms with Crippen LogP contribution in [0.3, 0.4) is 0 Å². The molecule has 0 saturated carbocycles. The molecule has 0 rings (SSSR count). The minimum Gasteiger partial charge on any atom is -0.462 e. The normalized spacial score (nSPS) is 13.2. The van der Waals surface area contributed by atoms with Gasteiger partial charge in [0.1, 0.15) is 13.2 Å². The molecule has 0 aliphatic heterocycles. The number of hydrogen-bond acceptors (Lipinski definition) is 6. The fourth-order valence-electron chi connectivity index (χ4n) is 7.13. The van der Waals surface area contributed by atoms with Crippen molar-refractivity contribution in [2.45, 2.75) is 232 Å². The van der Waals surface area contributed by atoms with Crippen LogP contribution < -0.4 is 0 Å². The Labute approximate surface area is 436 Å². The van der Waals surface area contributed by atoms with Crippen LogP contribution in [0, 0.1) is 0 Å². The fourth-order valence-corrected chi connectivity index (χ4v) is 7.13. The molecule has 0 saturated heterocycles. The molecule has 0 aromatic carbocycles. The highest BCUT2D eigenvalue weighted by molar-refractivity contribution is 5.71. The van der Waals surface area contributed by atoms with Gasteiger partial charge >= 0.3 is 17.9 Å². The predicted molar refractivity (Wildman–Crippen MR) is 306 cm³/mol. The highest BCUT2D eigenvalue weighted by atomic mass is 16.6. The van der Waals surface area contributed by atoms with Gasteiger partial charge in [-0.2, -0.15) is 0 Å². The number of unbranched alkanes of at least 4 members (excludes halogenated alkanes) is 14. The highest BCUT2D eigenvalue weighted by Crippen LogP contribution is 2.13. The maximum atomic E-state index is 12.9. The van der Waals surface area contributed by atoms with E-state index in [2.05, 4.69) is 167 Å². The van der Waals surface area contributed by atoms with E-state index < -0.39 is 6.10 Å². The average Bonchev–Trinajstić information content (AvgIpc) is 3.37. The van der Waals surface area contributed by atoms with Crippen molar-refractivity contribution in [2.75, 3.05) is 13.2 Å². The molecule has 1 atom stereocenters. The zero-order chi connectivity index (χ0) is 51.4. The third-order valence-electron chi connectivity index (χ3n) is 11.3. The van der Waals surface area contributed by atoms with Crippen molar-refractivity contribution in [3.05, 3.63) is 146 Å². The third kappa shape index (κ3) is 56.1. The van der Waals surface area contributed by atoms with E-state index in [1.807, 2.05) is 0 Å². The smallest absolute Gasteiger partial charge is 0.306 e. The molecule has 0 aliphatic carbocycles. The van der Waals surface area contributed by atoms with Crippen molar-refractivity contribution in [1.29, 1.82) is 0 Å². The standard InChI is InChI=1S/C65H102O6/c1-4-7-10-13-16-19-22-25-27-29-30-31-32-33-34-36-37-40-43-46-49-52-55-58-64(67)70-61-62(60-69-63(66)57-54-51-48-45-42-39-24-21-18-15-12-9-6-3)71-65(68)59-56-53-50-47-44-41-38-35-28-26-23-20-17-14-11-8-5-2/h7-8,10-12,15-17,19-21,24-28,30-31,33-34,37,40,46,49,62H,4-6,9,13-14,18,22-23,29,32,35-36,38-39,41-45,47-48,50-61H2,1-3H3/b10-7-,11-8-,15-12-,19-16-,20-17-,24-21-,27-25-,28-26-,31-30-,34-33-,40-37-,49-46-. The topological polar surface area (TPSA) is 78.9 Å². The second-order valence-electron chi connectivity index (χ2n) is 18.1. The molecular weight excluding hydrogens is 877 g/mol. The molecule has 0 amide bonds. The lowest BCUT2D eigenvalue weighted by Crippen LogP contribution is -2.30. The Morgan fingerprint density at radius 1 is 0.296 bits per heavy atom. The summed E-state index contributed by atoms with van der Waals surface area (Å²) in [6, 6.07) is 0. The van der Waals surface area contributed by atoms with E-state index in [0.717, 1.165) is 154 Å². The molecule has 0 spiro atoms. The van der Waals surface area contributed by atoms with E-state index in [1.54, 1.807) is 0 Å². The number of rotatable bonds is 49. The lowest BCUT2D eigenvalue weighted by molar-refractivity contribution is -0.167. The Kier molecular flexibility index (Phi) is 54.0. The lowest BCUT2D eigenvalue weighted by atomic mass is 10.1. The van der Waals surface area contributed by atoms with Crippen molar-refractivity contribution < 1.29 is 28.6 Å². The second-order valence-corrected chi connectivity index (χ2v) is 18.1. The summed E-state index contributed by atoms with van der Waals surface area (Å²) in [4.78, 5) is 38.1. The second kappa shape index (κ2) is 57.9. The van der Waals surface area contributed by atoms with E-state index in [4.69, 9.17) is 14.2 Å². The van der Waals surface area contributed by atoms with Crippen LogP contribution in [0.2, 0.25) is 0 Å². The minimum absolute atomic E-state index is 0.113. The molecule has 1 unspecified atom stereocenters. The van der Waals surface area contributed by atoms with Crippen LogP contribution in [-0.2, 0) is 28.6 Å². The van der Waals surface area contributed by atoms with Gasteiger partial charge in [-0.15, -0.1) is 0 Å². The van der Waals surface area contributed by atoms with Gasteiger partial charge in [-0.25, -0.2) is 0 Å². The molecule has 71 heavy (non-hydrogen) atoms. The monoisotopic (exact) mass is 979 g/mol. The summed E-state index contributed by atoms with van der Waals surface area (Å²) in [5.41, 5.74) is 0. The fraction of sp³-hybridized carbons (Fsp3) is 0.585. The molecule has 0 radical (unpaired) electrons. The zero-order valence-corrected chi connectivity index (χ0v) is 45.4. The van der Waals surface area contributed by atoms with Crippen LogP contribution in [0.5, 0.6) is 0 Å². The van der Waals surface area contributed by atoms with Crippen molar-refractivity contribution in [2.24, 2.45) is 0 Å². The number of carbonyl (C=O) groups is 3. The van der Waals surface area contributed by atoms with Gasteiger partial charge in [0.2, 0.25) is 0 Å². The summed E-state index contributed by atoms with van der Waals surface area (Å²) in [6.45, 7) is 6.27. The van der Waals surface area contributed by atoms with Gasteiger partial charge in [0.15, 0.2) is 6.10 Å². The van der Waals surface area contributed by atoms with Gasteiger partial charge in [0.05, 0.1) is 0 Å². The molecule has 0 bridgehead atoms. The minimum atomic E-state index is -0.820. The van der Waals surface area contributed by atoms with Crippen LogP contribution >= 0.6 is 0 Å². The number of hydrogen-bond donors (Lipinski definition) is 0. The molecule has 0 aromatic rings. The number of esters is 3. The lowest BCUT2D eigenvalue weighted by Gasteiger charge is -2.18. The van der Waals surface area contributed by atoms with Crippen LogP contribution in [0.1, 0.15) is 226 Å². The number of carbonyl (C=O) groups excluding carboxylic acids is 3. The summed E-state index contributed by atoms with van der Waals surface area (Å²) in [7, 11) is 0. The molecular formula is C65H102O6. The molecule has 0 fully saturated rings. The molecule has 0 aliphatic rings. The van der Waals surface area contributed by atoms with E-state index in [0.29, 0.717) is 19.3 Å². The molecule has 0 heterocycles. The summed E-state index contributed by atoms with van der Waals surface area (Å²) < 4.78 is 16.8. The quantitative estimate of drug-likeness (QED) is 0.0262. The number of allylic oxidation sites excluding steroid dienone is 24. The van der Waals surface area contributed by atoms with Crippen molar-refractivity contribution in [3.63, 3.8) is 0 Å². The maximum absolute atomic E-state index is 12.9. The van der Waals surface area contributed by atoms with Gasteiger partial charge in [-0.05, 0) is 128 Å². The van der Waals surface area contributed by atoms with Gasteiger partial charge in [0, 0.05) is 19.3 Å². The Balaban J connectivity index is 4.52. The van der Waals surface area contributed by atoms with Crippen molar-refractivity contribution in [3.8, 4) is 0 Å². The molecule has 0 N–H and O–H groups in total. The molecule has 0 aromatic heterocycles. The Bertz CT molecular complexity index is 1590. The van der Waals surface area contributed by atoms with E-state index in [-0.39, 0.29) is 37.5 Å². The van der Waals surface area contributed by atoms with Crippen LogP contribution in [-0.4, -0.2) is 37.2 Å². The first-order valence-electron chi connectivity index (χ1n) is 28.3. The Morgan fingerprint density at radius 3 is 0.915 bits per heavy atom. The highest BCUT2D eigenvalue weighted by Gasteiger charge is 2.19. The van der Waals surface area contributed by atoms with Crippen molar-refractivity contribution >= 4 is 17.9 Å². The summed E-state index contributed by atoms with van der Waals surface area (Å²) in [5, 5.41) is 0. The predicted octanol–water partition coefficient (Wildman–Crippen LogP) is 19.2. The van der Waals surface area contributed by atoms with Gasteiger partial charge in [-0.1, -0.05) is 224 Å². The van der Waals surface area contributed by atoms with Crippen LogP contribution in [0.25, 0.3) is 0 Å². The summed E-state index contributed by atoms with van der Waals surface area (Å²) >= 11 is 0. The van der Waals surface area contributed by atoms with Gasteiger partial charge in [-0.3, -0.25) is 14.4 Å². The first-order valence-corrected chi connectivity index (χ1v) is 28.3. The zero-order valence-electron chi connectivity index (χ0n) is 45.4. The molecule has 398 valence electrons. The summed E-state index contributed by atoms with van der Waals surface area (Å²) in [6.07, 6.45) is 82.7. The maximum Gasteiger partial charge on any atom is 0.306 e. The van der Waals surface area contributed by atoms with Gasteiger partial charge in [0.25, 0.3) is 0 Å². The summed E-state index contributed by atoms with van der Waals surface area (Å²) in [5.74, 6) is -1.01. The van der Waals surface area contributed by atoms with E-state index >= 15 is 0 Å². The SMILES string of the molecule is CC/C=C\C/C=C\C/C=C\C/C=C\C/C=C\C/C=C\C/C=C\CCCC(=O)OCC(COC(=O)CCCCCCC/C=C\C/C=C\CCC)OC(=O)CCCCCCCCC/C=C\C/C=C\C/C=C\CC. The largest absolute Gasteiger partial charge is 0.462 e. The van der Waals surface area contributed by atoms with Crippen molar-refractivity contribution in [1.82, 2.24) is 0 Å². The third-order valence-corrected chi connectivity index (χ3v) is 11.3.